The quantitative estimate of drug-likeness (QED) is 0.462. The summed E-state index contributed by atoms with van der Waals surface area (Å²) in [5.41, 5.74) is 8.95. The molecule has 1 aromatic carbocycles. The van der Waals surface area contributed by atoms with Gasteiger partial charge in [-0.25, -0.2) is 18.6 Å². The zero-order valence-corrected chi connectivity index (χ0v) is 19.1. The molecular formula is C23H23ClF2N5O3-. The molecule has 1 saturated heterocycles. The van der Waals surface area contributed by atoms with Crippen molar-refractivity contribution >= 4 is 23.3 Å². The van der Waals surface area contributed by atoms with Gasteiger partial charge in [-0.05, 0) is 30.2 Å². The molecule has 180 valence electrons. The van der Waals surface area contributed by atoms with E-state index in [1.54, 1.807) is 31.2 Å². The number of aromatic carboxylic acids is 1. The third kappa shape index (κ3) is 5.87. The van der Waals surface area contributed by atoms with Crippen LogP contribution in [0.25, 0.3) is 17.0 Å². The second kappa shape index (κ2) is 9.63. The van der Waals surface area contributed by atoms with Gasteiger partial charge in [-0.2, -0.15) is 4.98 Å². The van der Waals surface area contributed by atoms with E-state index in [-0.39, 0.29) is 11.7 Å². The number of nitrogens with one attached hydrogen (secondary N) is 1. The first kappa shape index (κ1) is 24.0. The van der Waals surface area contributed by atoms with Crippen LogP contribution in [0.1, 0.15) is 47.5 Å². The second-order valence-electron chi connectivity index (χ2n) is 8.49. The highest BCUT2D eigenvalue weighted by molar-refractivity contribution is 6.30. The maximum absolute atomic E-state index is 13.1. The lowest BCUT2D eigenvalue weighted by Gasteiger charge is -2.41. The summed E-state index contributed by atoms with van der Waals surface area (Å²) in [6.07, 6.45) is 3.43. The molecule has 2 aromatic heterocycles. The molecule has 1 aliphatic heterocycles. The molecule has 8 nitrogen and oxygen atoms in total. The van der Waals surface area contributed by atoms with Crippen LogP contribution in [-0.2, 0) is 0 Å². The summed E-state index contributed by atoms with van der Waals surface area (Å²) in [7, 11) is 0. The normalized spacial score (nSPS) is 17.4. The van der Waals surface area contributed by atoms with Crippen LogP contribution in [-0.4, -0.2) is 45.2 Å². The average molecular weight is 491 g/mol. The lowest BCUT2D eigenvalue weighted by atomic mass is 10.0. The van der Waals surface area contributed by atoms with E-state index in [1.807, 2.05) is 0 Å². The smallest absolute Gasteiger partial charge is 0.354 e. The number of aromatic nitrogens is 3. The minimum Gasteiger partial charge on any atom is -0.668 e. The number of nitrogens with zero attached hydrogens (tertiary/aromatic N) is 4. The SMILES string of the molecule is Cc1nc([C@@H]([NH-])CC2CC2)no1.O=C(O)c1ccc(N2CC(F)(F)C2)c(-c2cccc(Cl)c2)n1. The minimum absolute atomic E-state index is 0.147. The molecule has 3 aromatic rings. The third-order valence-electron chi connectivity index (χ3n) is 5.50. The predicted molar refractivity (Wildman–Crippen MR) is 122 cm³/mol. The first-order chi connectivity index (χ1) is 16.1. The molecule has 11 heteroatoms. The highest BCUT2D eigenvalue weighted by Gasteiger charge is 2.44. The maximum Gasteiger partial charge on any atom is 0.354 e. The van der Waals surface area contributed by atoms with E-state index in [9.17, 15) is 13.6 Å². The van der Waals surface area contributed by atoms with Crippen LogP contribution in [0, 0.1) is 12.8 Å². The van der Waals surface area contributed by atoms with Gasteiger partial charge in [0.2, 0.25) is 5.89 Å². The lowest BCUT2D eigenvalue weighted by molar-refractivity contribution is -0.0262. The summed E-state index contributed by atoms with van der Waals surface area (Å²) >= 11 is 5.94. The Balaban J connectivity index is 0.000000192. The molecule has 34 heavy (non-hydrogen) atoms. The molecule has 5 rings (SSSR count). The Hall–Kier alpha value is -3.11. The monoisotopic (exact) mass is 490 g/mol. The number of carboxylic acids is 1. The minimum atomic E-state index is -2.73. The van der Waals surface area contributed by atoms with E-state index in [4.69, 9.17) is 27.0 Å². The van der Waals surface area contributed by atoms with Crippen molar-refractivity contribution in [2.45, 2.75) is 38.2 Å². The van der Waals surface area contributed by atoms with Crippen LogP contribution in [0.4, 0.5) is 14.5 Å². The van der Waals surface area contributed by atoms with E-state index in [1.165, 1.54) is 29.9 Å². The van der Waals surface area contributed by atoms with Gasteiger partial charge in [0.1, 0.15) is 5.69 Å². The van der Waals surface area contributed by atoms with Crippen molar-refractivity contribution in [1.82, 2.24) is 15.1 Å². The van der Waals surface area contributed by atoms with E-state index in [2.05, 4.69) is 15.1 Å². The van der Waals surface area contributed by atoms with Crippen LogP contribution in [0.5, 0.6) is 0 Å². The van der Waals surface area contributed by atoms with Crippen molar-refractivity contribution < 1.29 is 23.2 Å². The van der Waals surface area contributed by atoms with Gasteiger partial charge in [0.25, 0.3) is 5.92 Å². The number of hydrogen-bond acceptors (Lipinski definition) is 6. The topological polar surface area (TPSA) is 116 Å². The van der Waals surface area contributed by atoms with Crippen LogP contribution in [0.2, 0.25) is 5.02 Å². The summed E-state index contributed by atoms with van der Waals surface area (Å²) in [6.45, 7) is 0.934. The molecule has 0 unspecified atom stereocenters. The number of carboxylic acid groups (broad SMARTS) is 1. The van der Waals surface area contributed by atoms with Gasteiger partial charge in [0.05, 0.1) is 24.5 Å². The average Bonchev–Trinajstić information content (AvgIpc) is 3.48. The standard InChI is InChI=1S/C15H11ClF2N2O2.C8H12N3O/c16-10-3-1-2-9(6-10)13-12(20-7-15(17,18)8-20)5-4-11(19-13)14(21)22;1-5-10-8(11-12-5)7(9)4-6-2-3-6/h1-6H,7-8H2,(H,21,22);6-7,9H,2-4H2,1H3/q;-1/t;7-/m.0/s1. The Bertz CT molecular complexity index is 1180. The Morgan fingerprint density at radius 1 is 1.29 bits per heavy atom. The van der Waals surface area contributed by atoms with E-state index >= 15 is 0 Å². The number of pyridine rings is 1. The molecule has 0 spiro atoms. The fourth-order valence-electron chi connectivity index (χ4n) is 3.61. The van der Waals surface area contributed by atoms with Crippen LogP contribution >= 0.6 is 11.6 Å². The van der Waals surface area contributed by atoms with Gasteiger partial charge in [-0.3, -0.25) is 0 Å². The summed E-state index contributed by atoms with van der Waals surface area (Å²) in [4.78, 5) is 20.7. The van der Waals surface area contributed by atoms with Gasteiger partial charge in [0.15, 0.2) is 5.82 Å². The van der Waals surface area contributed by atoms with E-state index in [0.717, 1.165) is 12.3 Å². The molecule has 0 radical (unpaired) electrons. The third-order valence-corrected chi connectivity index (χ3v) is 5.73. The van der Waals surface area contributed by atoms with Crippen molar-refractivity contribution in [1.29, 1.82) is 0 Å². The Morgan fingerprint density at radius 3 is 2.59 bits per heavy atom. The molecule has 2 N–H and O–H groups in total. The van der Waals surface area contributed by atoms with Gasteiger partial charge in [-0.15, -0.1) is 0 Å². The number of halogens is 3. The molecule has 2 aliphatic rings. The number of anilines is 1. The Labute approximate surface area is 199 Å². The van der Waals surface area contributed by atoms with Crippen molar-refractivity contribution in [3.8, 4) is 11.3 Å². The molecular weight excluding hydrogens is 468 g/mol. The fourth-order valence-corrected chi connectivity index (χ4v) is 3.80. The molecule has 1 saturated carbocycles. The molecule has 3 heterocycles. The fraction of sp³-hybridized carbons (Fsp3) is 0.391. The Morgan fingerprint density at radius 2 is 2.03 bits per heavy atom. The summed E-state index contributed by atoms with van der Waals surface area (Å²) in [6, 6.07) is 9.22. The van der Waals surface area contributed by atoms with Crippen LogP contribution in [0.3, 0.4) is 0 Å². The zero-order valence-electron chi connectivity index (χ0n) is 18.3. The van der Waals surface area contributed by atoms with Gasteiger partial charge >= 0.3 is 5.97 Å². The number of aryl methyl sites for hydroxylation is 1. The number of carbonyl (C=O) groups is 1. The molecule has 2 fully saturated rings. The van der Waals surface area contributed by atoms with Crippen molar-refractivity contribution in [2.24, 2.45) is 5.92 Å². The van der Waals surface area contributed by atoms with E-state index in [0.29, 0.717) is 33.7 Å². The highest BCUT2D eigenvalue weighted by atomic mass is 35.5. The number of alkyl halides is 2. The molecule has 1 aliphatic carbocycles. The maximum atomic E-state index is 13.1. The number of benzene rings is 1. The first-order valence-electron chi connectivity index (χ1n) is 10.8. The summed E-state index contributed by atoms with van der Waals surface area (Å²) in [5, 5.41) is 13.3. The van der Waals surface area contributed by atoms with Crippen molar-refractivity contribution in [3.05, 3.63) is 64.6 Å². The summed E-state index contributed by atoms with van der Waals surface area (Å²) < 4.78 is 31.0. The van der Waals surface area contributed by atoms with Gasteiger partial charge in [0, 0.05) is 17.5 Å². The summed E-state index contributed by atoms with van der Waals surface area (Å²) in [5.74, 6) is -2.07. The molecule has 0 bridgehead atoms. The predicted octanol–water partition coefficient (Wildman–Crippen LogP) is 5.83. The molecule has 1 atom stereocenters. The van der Waals surface area contributed by atoms with Crippen LogP contribution < -0.4 is 4.90 Å². The van der Waals surface area contributed by atoms with Crippen molar-refractivity contribution in [3.63, 3.8) is 0 Å². The van der Waals surface area contributed by atoms with Gasteiger partial charge in [-0.1, -0.05) is 54.2 Å². The van der Waals surface area contributed by atoms with Crippen molar-refractivity contribution in [2.75, 3.05) is 18.0 Å². The zero-order chi connectivity index (χ0) is 24.5. The van der Waals surface area contributed by atoms with Gasteiger partial charge < -0.3 is 20.3 Å². The number of rotatable bonds is 6. The first-order valence-corrected chi connectivity index (χ1v) is 11.1. The molecule has 0 amide bonds. The van der Waals surface area contributed by atoms with Crippen LogP contribution in [0.15, 0.2) is 40.9 Å². The number of hydrogen-bond donors (Lipinski definition) is 1. The van der Waals surface area contributed by atoms with E-state index < -0.39 is 25.0 Å². The Kier molecular flexibility index (Phi) is 6.81. The largest absolute Gasteiger partial charge is 0.668 e. The highest BCUT2D eigenvalue weighted by Crippen LogP contribution is 2.38. The second-order valence-corrected chi connectivity index (χ2v) is 8.93. The lowest BCUT2D eigenvalue weighted by Crippen LogP contribution is -2.56.